The Morgan fingerprint density at radius 1 is 1.22 bits per heavy atom. The molecule has 0 bridgehead atoms. The van der Waals surface area contributed by atoms with Crippen molar-refractivity contribution in [2.24, 2.45) is 0 Å². The third-order valence-corrected chi connectivity index (χ3v) is 4.16. The molecule has 0 saturated carbocycles. The molecule has 1 amide bonds. The SMILES string of the molecule is O=C(CSCc1ccc(Cl)cc1F)NCCOc1ccccc1. The first-order valence-electron chi connectivity index (χ1n) is 7.11. The molecule has 0 aliphatic rings. The molecule has 0 aromatic heterocycles. The van der Waals surface area contributed by atoms with Gasteiger partial charge in [0.15, 0.2) is 0 Å². The van der Waals surface area contributed by atoms with Gasteiger partial charge in [0.05, 0.1) is 12.3 Å². The van der Waals surface area contributed by atoms with Gasteiger partial charge in [0.1, 0.15) is 18.2 Å². The smallest absolute Gasteiger partial charge is 0.230 e. The first-order chi connectivity index (χ1) is 11.1. The van der Waals surface area contributed by atoms with Crippen molar-refractivity contribution in [2.45, 2.75) is 5.75 Å². The molecule has 3 nitrogen and oxygen atoms in total. The Balaban J connectivity index is 1.60. The minimum Gasteiger partial charge on any atom is -0.492 e. The molecular weight excluding hydrogens is 337 g/mol. The second-order valence-corrected chi connectivity index (χ2v) is 6.16. The Bertz CT molecular complexity index is 640. The van der Waals surface area contributed by atoms with E-state index in [1.165, 1.54) is 17.8 Å². The minimum atomic E-state index is -0.346. The van der Waals surface area contributed by atoms with E-state index in [0.717, 1.165) is 5.75 Å². The van der Waals surface area contributed by atoms with E-state index in [1.807, 2.05) is 30.3 Å². The van der Waals surface area contributed by atoms with Crippen LogP contribution < -0.4 is 10.1 Å². The van der Waals surface area contributed by atoms with Crippen molar-refractivity contribution in [1.29, 1.82) is 0 Å². The number of rotatable bonds is 8. The lowest BCUT2D eigenvalue weighted by Crippen LogP contribution is -2.29. The van der Waals surface area contributed by atoms with Crippen LogP contribution >= 0.6 is 23.4 Å². The Kier molecular flexibility index (Phi) is 7.23. The van der Waals surface area contributed by atoms with Gasteiger partial charge in [-0.15, -0.1) is 11.8 Å². The number of benzene rings is 2. The molecule has 0 heterocycles. The topological polar surface area (TPSA) is 38.3 Å². The summed E-state index contributed by atoms with van der Waals surface area (Å²) in [6, 6.07) is 14.0. The van der Waals surface area contributed by atoms with Gasteiger partial charge in [-0.25, -0.2) is 4.39 Å². The Labute approximate surface area is 144 Å². The number of nitrogens with one attached hydrogen (secondary N) is 1. The highest BCUT2D eigenvalue weighted by molar-refractivity contribution is 7.99. The van der Waals surface area contributed by atoms with Crippen LogP contribution in [0.3, 0.4) is 0 Å². The summed E-state index contributed by atoms with van der Waals surface area (Å²) in [7, 11) is 0. The zero-order valence-electron chi connectivity index (χ0n) is 12.4. The van der Waals surface area contributed by atoms with Crippen molar-refractivity contribution < 1.29 is 13.9 Å². The van der Waals surface area contributed by atoms with Crippen LogP contribution in [0.1, 0.15) is 5.56 Å². The first kappa shape index (κ1) is 17.6. The minimum absolute atomic E-state index is 0.0963. The lowest BCUT2D eigenvalue weighted by molar-refractivity contribution is -0.118. The van der Waals surface area contributed by atoms with Crippen molar-refractivity contribution >= 4 is 29.3 Å². The highest BCUT2D eigenvalue weighted by atomic mass is 35.5. The summed E-state index contributed by atoms with van der Waals surface area (Å²) in [5, 5.41) is 3.13. The second kappa shape index (κ2) is 9.43. The third kappa shape index (κ3) is 6.50. The summed E-state index contributed by atoms with van der Waals surface area (Å²) in [5.74, 6) is 1.03. The van der Waals surface area contributed by atoms with Crippen molar-refractivity contribution in [3.8, 4) is 5.75 Å². The van der Waals surface area contributed by atoms with Gasteiger partial charge < -0.3 is 10.1 Å². The van der Waals surface area contributed by atoms with Gasteiger partial charge in [0.25, 0.3) is 0 Å². The van der Waals surface area contributed by atoms with E-state index in [2.05, 4.69) is 5.32 Å². The fourth-order valence-corrected chi connectivity index (χ4v) is 2.82. The van der Waals surface area contributed by atoms with E-state index in [0.29, 0.717) is 29.5 Å². The van der Waals surface area contributed by atoms with Crippen LogP contribution in [0.2, 0.25) is 5.02 Å². The molecule has 0 spiro atoms. The van der Waals surface area contributed by atoms with Gasteiger partial charge in [-0.3, -0.25) is 4.79 Å². The average molecular weight is 354 g/mol. The second-order valence-electron chi connectivity index (χ2n) is 4.74. The maximum absolute atomic E-state index is 13.6. The number of hydrogen-bond acceptors (Lipinski definition) is 3. The summed E-state index contributed by atoms with van der Waals surface area (Å²) in [4.78, 5) is 11.7. The molecule has 122 valence electrons. The third-order valence-electron chi connectivity index (χ3n) is 2.94. The highest BCUT2D eigenvalue weighted by Crippen LogP contribution is 2.19. The molecule has 0 aliphatic heterocycles. The quantitative estimate of drug-likeness (QED) is 0.731. The van der Waals surface area contributed by atoms with E-state index < -0.39 is 0 Å². The van der Waals surface area contributed by atoms with Crippen LogP contribution in [0.15, 0.2) is 48.5 Å². The maximum Gasteiger partial charge on any atom is 0.230 e. The normalized spacial score (nSPS) is 10.3. The van der Waals surface area contributed by atoms with Gasteiger partial charge in [0.2, 0.25) is 5.91 Å². The van der Waals surface area contributed by atoms with Crippen LogP contribution in [0.5, 0.6) is 5.75 Å². The molecular formula is C17H17ClFNO2S. The maximum atomic E-state index is 13.6. The van der Waals surface area contributed by atoms with Crippen LogP contribution in [-0.2, 0) is 10.5 Å². The van der Waals surface area contributed by atoms with Crippen molar-refractivity contribution in [3.05, 3.63) is 64.9 Å². The largest absolute Gasteiger partial charge is 0.492 e. The number of halogens is 2. The number of carbonyl (C=O) groups is 1. The van der Waals surface area contributed by atoms with Crippen molar-refractivity contribution in [1.82, 2.24) is 5.32 Å². The molecule has 0 radical (unpaired) electrons. The fourth-order valence-electron chi connectivity index (χ4n) is 1.82. The predicted octanol–water partition coefficient (Wildman–Crippen LogP) is 3.91. The van der Waals surface area contributed by atoms with Gasteiger partial charge in [0, 0.05) is 10.8 Å². The van der Waals surface area contributed by atoms with Gasteiger partial charge in [-0.05, 0) is 29.8 Å². The van der Waals surface area contributed by atoms with Crippen LogP contribution in [-0.4, -0.2) is 24.8 Å². The molecule has 23 heavy (non-hydrogen) atoms. The highest BCUT2D eigenvalue weighted by Gasteiger charge is 2.05. The van der Waals surface area contributed by atoms with Crippen molar-refractivity contribution in [3.63, 3.8) is 0 Å². The van der Waals surface area contributed by atoms with Crippen LogP contribution in [0.25, 0.3) is 0 Å². The fraction of sp³-hybridized carbons (Fsp3) is 0.235. The summed E-state index contributed by atoms with van der Waals surface area (Å²) in [6.07, 6.45) is 0. The Morgan fingerprint density at radius 3 is 2.74 bits per heavy atom. The molecule has 6 heteroatoms. The Morgan fingerprint density at radius 2 is 2.00 bits per heavy atom. The number of hydrogen-bond donors (Lipinski definition) is 1. The molecule has 0 saturated heterocycles. The standard InChI is InChI=1S/C17H17ClFNO2S/c18-14-7-6-13(16(19)10-14)11-23-12-17(21)20-8-9-22-15-4-2-1-3-5-15/h1-7,10H,8-9,11-12H2,(H,20,21). The summed E-state index contributed by atoms with van der Waals surface area (Å²) < 4.78 is 19.0. The molecule has 1 N–H and O–H groups in total. The van der Waals surface area contributed by atoms with E-state index in [-0.39, 0.29) is 17.5 Å². The Hall–Kier alpha value is -1.72. The number of amides is 1. The van der Waals surface area contributed by atoms with Gasteiger partial charge >= 0.3 is 0 Å². The number of carbonyl (C=O) groups excluding carboxylic acids is 1. The molecule has 0 unspecified atom stereocenters. The molecule has 2 rings (SSSR count). The number of thioether (sulfide) groups is 1. The van der Waals surface area contributed by atoms with E-state index >= 15 is 0 Å². The van der Waals surface area contributed by atoms with Crippen molar-refractivity contribution in [2.75, 3.05) is 18.9 Å². The van der Waals surface area contributed by atoms with E-state index in [1.54, 1.807) is 12.1 Å². The molecule has 0 fully saturated rings. The number of ether oxygens (including phenoxy) is 1. The molecule has 2 aromatic rings. The molecule has 0 aliphatic carbocycles. The van der Waals surface area contributed by atoms with Gasteiger partial charge in [-0.2, -0.15) is 0 Å². The lowest BCUT2D eigenvalue weighted by atomic mass is 10.2. The predicted molar refractivity (Wildman–Crippen MR) is 92.5 cm³/mol. The lowest BCUT2D eigenvalue weighted by Gasteiger charge is -2.08. The number of para-hydroxylation sites is 1. The summed E-state index contributed by atoms with van der Waals surface area (Å²) in [6.45, 7) is 0.843. The monoisotopic (exact) mass is 353 g/mol. The molecule has 2 aromatic carbocycles. The average Bonchev–Trinajstić information content (AvgIpc) is 2.55. The summed E-state index contributed by atoms with van der Waals surface area (Å²) in [5.41, 5.74) is 0.541. The zero-order valence-corrected chi connectivity index (χ0v) is 14.0. The van der Waals surface area contributed by atoms with E-state index in [4.69, 9.17) is 16.3 Å². The van der Waals surface area contributed by atoms with E-state index in [9.17, 15) is 9.18 Å². The summed E-state index contributed by atoms with van der Waals surface area (Å²) >= 11 is 7.05. The van der Waals surface area contributed by atoms with Gasteiger partial charge in [-0.1, -0.05) is 35.9 Å². The zero-order chi connectivity index (χ0) is 16.5. The van der Waals surface area contributed by atoms with Crippen LogP contribution in [0, 0.1) is 5.82 Å². The molecule has 0 atom stereocenters. The van der Waals surface area contributed by atoms with Crippen LogP contribution in [0.4, 0.5) is 4.39 Å². The first-order valence-corrected chi connectivity index (χ1v) is 8.64.